The van der Waals surface area contributed by atoms with Crippen molar-refractivity contribution < 1.29 is 19.1 Å². The number of allylic oxidation sites excluding steroid dienone is 1. The topological polar surface area (TPSA) is 142 Å². The van der Waals surface area contributed by atoms with E-state index in [1.165, 1.54) is 12.8 Å². The van der Waals surface area contributed by atoms with Crippen LogP contribution in [0.2, 0.25) is 0 Å². The van der Waals surface area contributed by atoms with Crippen molar-refractivity contribution in [2.75, 3.05) is 45.1 Å². The Morgan fingerprint density at radius 2 is 1.95 bits per heavy atom. The van der Waals surface area contributed by atoms with Gasteiger partial charge in [0, 0.05) is 56.0 Å². The number of carbonyl (C=O) groups excluding carboxylic acids is 2. The maximum absolute atomic E-state index is 13.0. The Balaban J connectivity index is 0.985. The van der Waals surface area contributed by atoms with Crippen LogP contribution in [0.3, 0.4) is 0 Å². The van der Waals surface area contributed by atoms with Gasteiger partial charge in [0.25, 0.3) is 0 Å². The van der Waals surface area contributed by atoms with Crippen LogP contribution in [-0.2, 0) is 19.1 Å². The Labute approximate surface area is 244 Å². The summed E-state index contributed by atoms with van der Waals surface area (Å²) in [4.78, 5) is 28.0. The zero-order valence-electron chi connectivity index (χ0n) is 22.9. The zero-order valence-corrected chi connectivity index (χ0v) is 24.5. The molecule has 0 aromatic heterocycles. The smallest absolute Gasteiger partial charge is 0.226 e. The van der Waals surface area contributed by atoms with Crippen LogP contribution in [0, 0.1) is 17.8 Å². The highest BCUT2D eigenvalue weighted by molar-refractivity contribution is 8.01. The van der Waals surface area contributed by atoms with Gasteiger partial charge in [-0.2, -0.15) is 0 Å². The molecule has 6 aliphatic heterocycles. The first kappa shape index (κ1) is 27.8. The van der Waals surface area contributed by atoms with Gasteiger partial charge >= 0.3 is 0 Å². The number of thioether (sulfide) groups is 2. The van der Waals surface area contributed by atoms with Crippen LogP contribution in [0.1, 0.15) is 32.1 Å². The Morgan fingerprint density at radius 1 is 1.10 bits per heavy atom. The number of fused-ring (bicyclic) bond motifs is 2. The van der Waals surface area contributed by atoms with Crippen LogP contribution >= 0.6 is 23.5 Å². The highest BCUT2D eigenvalue weighted by atomic mass is 32.2. The van der Waals surface area contributed by atoms with Crippen LogP contribution in [0.15, 0.2) is 12.0 Å². The summed E-state index contributed by atoms with van der Waals surface area (Å²) in [6, 6.07) is 0.516. The first-order valence-corrected chi connectivity index (χ1v) is 17.1. The van der Waals surface area contributed by atoms with E-state index in [9.17, 15) is 9.59 Å². The number of rotatable bonds is 6. The van der Waals surface area contributed by atoms with Gasteiger partial charge in [0.05, 0.1) is 42.2 Å². The van der Waals surface area contributed by atoms with E-state index in [4.69, 9.17) is 15.2 Å². The third-order valence-corrected chi connectivity index (χ3v) is 12.6. The SMILES string of the molecule is N[C@@H]1CCCC[C@@H]1NC1CC2CNC(=O)C2C(NC2CNC(C3CSC4C(=O)C=C(N5CCOCC5)OC43)S2)N1. The predicted octanol–water partition coefficient (Wildman–Crippen LogP) is -0.695. The number of ether oxygens (including phenoxy) is 2. The van der Waals surface area contributed by atoms with Crippen molar-refractivity contribution in [3.05, 3.63) is 12.0 Å². The van der Waals surface area contributed by atoms with Crippen molar-refractivity contribution in [2.45, 2.75) is 78.6 Å². The molecule has 7 rings (SSSR count). The van der Waals surface area contributed by atoms with E-state index in [-0.39, 0.29) is 64.0 Å². The van der Waals surface area contributed by atoms with Gasteiger partial charge in [-0.3, -0.25) is 25.5 Å². The number of amides is 1. The van der Waals surface area contributed by atoms with E-state index in [0.29, 0.717) is 31.1 Å². The van der Waals surface area contributed by atoms with Crippen LogP contribution in [0.4, 0.5) is 0 Å². The van der Waals surface area contributed by atoms with Crippen molar-refractivity contribution in [3.8, 4) is 0 Å². The molecule has 9 unspecified atom stereocenters. The molecule has 0 aromatic carbocycles. The van der Waals surface area contributed by atoms with Crippen LogP contribution in [0.5, 0.6) is 0 Å². The molecule has 5 saturated heterocycles. The summed E-state index contributed by atoms with van der Waals surface area (Å²) in [7, 11) is 0. The minimum absolute atomic E-state index is 0.0790. The number of nitrogens with two attached hydrogens (primary N) is 1. The molecule has 0 spiro atoms. The van der Waals surface area contributed by atoms with E-state index in [2.05, 4.69) is 31.5 Å². The summed E-state index contributed by atoms with van der Waals surface area (Å²) >= 11 is 3.60. The Morgan fingerprint density at radius 3 is 2.80 bits per heavy atom. The van der Waals surface area contributed by atoms with E-state index in [1.807, 2.05) is 11.8 Å². The highest BCUT2D eigenvalue weighted by Gasteiger charge is 2.51. The summed E-state index contributed by atoms with van der Waals surface area (Å²) < 4.78 is 12.0. The van der Waals surface area contributed by atoms with E-state index >= 15 is 0 Å². The first-order valence-electron chi connectivity index (χ1n) is 15.1. The standard InChI is InChI=1S/C27H43N7O4S2/c28-16-3-1-2-4-17(16)31-19-9-14-11-29-26(36)22(14)25(32-19)33-20-12-30-27(40-20)15-13-39-24-18(35)10-21(38-23(15)24)34-5-7-37-8-6-34/h10,14-17,19-20,22-25,27,30-33H,1-9,11-13,28H2,(H,29,36)/t14?,15?,16-,17+,19?,20?,22?,23?,24?,25?,27?/m1/s1. The van der Waals surface area contributed by atoms with Crippen molar-refractivity contribution in [1.29, 1.82) is 0 Å². The normalized spacial score (nSPS) is 45.5. The maximum atomic E-state index is 13.0. The molecule has 1 aliphatic carbocycles. The second-order valence-electron chi connectivity index (χ2n) is 12.3. The van der Waals surface area contributed by atoms with E-state index in [0.717, 1.165) is 51.2 Å². The molecule has 7 aliphatic rings. The molecule has 222 valence electrons. The van der Waals surface area contributed by atoms with Crippen LogP contribution in [0.25, 0.3) is 0 Å². The number of carbonyl (C=O) groups is 2. The number of ketones is 1. The third kappa shape index (κ3) is 5.52. The number of nitrogens with one attached hydrogen (secondary N) is 5. The van der Waals surface area contributed by atoms with Crippen molar-refractivity contribution in [1.82, 2.24) is 31.5 Å². The monoisotopic (exact) mass is 593 g/mol. The molecule has 1 saturated carbocycles. The molecular weight excluding hydrogens is 550 g/mol. The lowest BCUT2D eigenvalue weighted by molar-refractivity contribution is -0.125. The first-order chi connectivity index (χ1) is 19.5. The quantitative estimate of drug-likeness (QED) is 0.232. The molecule has 0 radical (unpaired) electrons. The summed E-state index contributed by atoms with van der Waals surface area (Å²) in [5, 5.41) is 18.4. The number of hydrogen-bond donors (Lipinski definition) is 6. The Kier molecular flexibility index (Phi) is 8.26. The lowest BCUT2D eigenvalue weighted by Crippen LogP contribution is -2.66. The van der Waals surface area contributed by atoms with E-state index < -0.39 is 0 Å². The van der Waals surface area contributed by atoms with Crippen LogP contribution < -0.4 is 32.3 Å². The molecule has 6 fully saturated rings. The molecule has 13 heteroatoms. The summed E-state index contributed by atoms with van der Waals surface area (Å²) in [6.45, 7) is 4.37. The zero-order chi connectivity index (χ0) is 27.2. The van der Waals surface area contributed by atoms with Gasteiger partial charge in [-0.25, -0.2) is 0 Å². The van der Waals surface area contributed by atoms with Gasteiger partial charge in [-0.15, -0.1) is 23.5 Å². The number of piperidine rings is 1. The average Bonchev–Trinajstić information content (AvgIpc) is 3.69. The molecule has 0 aromatic rings. The molecule has 6 heterocycles. The maximum Gasteiger partial charge on any atom is 0.226 e. The summed E-state index contributed by atoms with van der Waals surface area (Å²) in [5.74, 6) is 2.36. The van der Waals surface area contributed by atoms with Gasteiger partial charge in [-0.1, -0.05) is 12.8 Å². The number of morpholine rings is 1. The molecule has 40 heavy (non-hydrogen) atoms. The fourth-order valence-electron chi connectivity index (χ4n) is 7.58. The number of hydrogen-bond acceptors (Lipinski definition) is 12. The highest BCUT2D eigenvalue weighted by Crippen LogP contribution is 2.44. The largest absolute Gasteiger partial charge is 0.474 e. The average molecular weight is 594 g/mol. The van der Waals surface area contributed by atoms with Gasteiger partial charge in [0.2, 0.25) is 5.91 Å². The second-order valence-corrected chi connectivity index (χ2v) is 14.8. The lowest BCUT2D eigenvalue weighted by atomic mass is 9.84. The van der Waals surface area contributed by atoms with Crippen LogP contribution in [-0.4, -0.2) is 108 Å². The third-order valence-electron chi connectivity index (χ3n) is 9.75. The van der Waals surface area contributed by atoms with Gasteiger partial charge in [0.1, 0.15) is 11.4 Å². The second kappa shape index (κ2) is 11.9. The molecule has 11 nitrogen and oxygen atoms in total. The fraction of sp³-hybridized carbons (Fsp3) is 0.852. The minimum atomic E-state index is -0.134. The van der Waals surface area contributed by atoms with E-state index in [1.54, 1.807) is 17.8 Å². The fourth-order valence-corrected chi connectivity index (χ4v) is 10.6. The summed E-state index contributed by atoms with van der Waals surface area (Å²) in [6.07, 6.45) is 7.14. The molecule has 0 bridgehead atoms. The predicted molar refractivity (Wildman–Crippen MR) is 155 cm³/mol. The van der Waals surface area contributed by atoms with Gasteiger partial charge in [-0.05, 0) is 25.2 Å². The Hall–Kier alpha value is -1.06. The molecule has 11 atom stereocenters. The van der Waals surface area contributed by atoms with Gasteiger partial charge in [0.15, 0.2) is 11.7 Å². The lowest BCUT2D eigenvalue weighted by Gasteiger charge is -2.42. The van der Waals surface area contributed by atoms with Crippen molar-refractivity contribution >= 4 is 35.2 Å². The number of nitrogens with zero attached hydrogens (tertiary/aromatic N) is 1. The molecule has 7 N–H and O–H groups in total. The molecular formula is C27H43N7O4S2. The van der Waals surface area contributed by atoms with Crippen molar-refractivity contribution in [3.63, 3.8) is 0 Å². The molecule has 1 amide bonds. The minimum Gasteiger partial charge on any atom is -0.474 e. The Bertz CT molecular complexity index is 1000. The summed E-state index contributed by atoms with van der Waals surface area (Å²) in [5.41, 5.74) is 6.44. The van der Waals surface area contributed by atoms with Crippen molar-refractivity contribution in [2.24, 2.45) is 23.5 Å². The van der Waals surface area contributed by atoms with Gasteiger partial charge < -0.3 is 30.7 Å².